The largest absolute Gasteiger partial charge is 0.478 e. The van der Waals surface area contributed by atoms with Crippen molar-refractivity contribution in [2.24, 2.45) is 5.92 Å². The van der Waals surface area contributed by atoms with Crippen molar-refractivity contribution < 1.29 is 9.90 Å². The summed E-state index contributed by atoms with van der Waals surface area (Å²) in [4.78, 5) is 15.0. The summed E-state index contributed by atoms with van der Waals surface area (Å²) >= 11 is 0. The third-order valence-corrected chi connectivity index (χ3v) is 3.78. The van der Waals surface area contributed by atoms with Crippen LogP contribution in [-0.4, -0.2) is 22.6 Å². The van der Waals surface area contributed by atoms with Crippen LogP contribution in [0.1, 0.15) is 48.9 Å². The van der Waals surface area contributed by atoms with Gasteiger partial charge in [0.05, 0.1) is 11.3 Å². The van der Waals surface area contributed by atoms with Crippen LogP contribution in [-0.2, 0) is 0 Å². The molecule has 0 atom stereocenters. The number of nitrogens with one attached hydrogen (secondary N) is 1. The molecule has 0 radical (unpaired) electrons. The number of aromatic carboxylic acids is 1. The molecule has 0 unspecified atom stereocenters. The van der Waals surface area contributed by atoms with Gasteiger partial charge in [-0.15, -0.1) is 0 Å². The molecule has 0 amide bonds. The van der Waals surface area contributed by atoms with E-state index in [0.29, 0.717) is 5.82 Å². The molecule has 19 heavy (non-hydrogen) atoms. The van der Waals surface area contributed by atoms with Crippen LogP contribution in [0.3, 0.4) is 0 Å². The smallest absolute Gasteiger partial charge is 0.337 e. The number of nitrogens with zero attached hydrogens (tertiary/aromatic N) is 1. The molecule has 1 fully saturated rings. The van der Waals surface area contributed by atoms with Crippen LogP contribution in [0.25, 0.3) is 0 Å². The minimum absolute atomic E-state index is 0.105. The number of aromatic nitrogens is 1. The first-order valence-corrected chi connectivity index (χ1v) is 6.90. The Kier molecular flexibility index (Phi) is 4.60. The number of rotatable bonds is 6. The average Bonchev–Trinajstić information content (AvgIpc) is 2.89. The molecule has 0 spiro atoms. The van der Waals surface area contributed by atoms with E-state index in [1.165, 1.54) is 44.4 Å². The van der Waals surface area contributed by atoms with Crippen LogP contribution in [0, 0.1) is 5.92 Å². The van der Waals surface area contributed by atoms with Crippen molar-refractivity contribution in [1.29, 1.82) is 0 Å². The molecule has 5 nitrogen and oxygen atoms in total. The fourth-order valence-corrected chi connectivity index (χ4v) is 2.70. The summed E-state index contributed by atoms with van der Waals surface area (Å²) in [5, 5.41) is 12.1. The first-order valence-electron chi connectivity index (χ1n) is 6.90. The number of pyridine rings is 1. The van der Waals surface area contributed by atoms with Crippen LogP contribution in [0.4, 0.5) is 11.5 Å². The Morgan fingerprint density at radius 3 is 2.89 bits per heavy atom. The summed E-state index contributed by atoms with van der Waals surface area (Å²) in [6.07, 6.45) is 9.22. The summed E-state index contributed by atoms with van der Waals surface area (Å²) in [6.45, 7) is 0.788. The number of anilines is 2. The Morgan fingerprint density at radius 1 is 1.47 bits per heavy atom. The Bertz CT molecular complexity index is 442. The van der Waals surface area contributed by atoms with Crippen molar-refractivity contribution in [3.8, 4) is 0 Å². The molecule has 2 rings (SSSR count). The maximum atomic E-state index is 10.9. The van der Waals surface area contributed by atoms with E-state index in [1.807, 2.05) is 0 Å². The third kappa shape index (κ3) is 3.59. The number of carboxylic acids is 1. The Labute approximate surface area is 113 Å². The van der Waals surface area contributed by atoms with E-state index < -0.39 is 5.97 Å². The maximum absolute atomic E-state index is 10.9. The van der Waals surface area contributed by atoms with Gasteiger partial charge in [-0.2, -0.15) is 0 Å². The molecule has 0 saturated heterocycles. The van der Waals surface area contributed by atoms with Crippen molar-refractivity contribution in [2.75, 3.05) is 17.6 Å². The molecular weight excluding hydrogens is 242 g/mol. The topological polar surface area (TPSA) is 88.2 Å². The lowest BCUT2D eigenvalue weighted by Crippen LogP contribution is -2.11. The van der Waals surface area contributed by atoms with Crippen molar-refractivity contribution in [3.63, 3.8) is 0 Å². The van der Waals surface area contributed by atoms with Gasteiger partial charge in [-0.25, -0.2) is 9.78 Å². The lowest BCUT2D eigenvalue weighted by molar-refractivity contribution is 0.0698. The maximum Gasteiger partial charge on any atom is 0.337 e. The highest BCUT2D eigenvalue weighted by molar-refractivity contribution is 5.96. The van der Waals surface area contributed by atoms with Gasteiger partial charge in [0, 0.05) is 12.7 Å². The molecule has 1 aliphatic carbocycles. The molecule has 0 aliphatic heterocycles. The summed E-state index contributed by atoms with van der Waals surface area (Å²) in [5.74, 6) is 0.331. The van der Waals surface area contributed by atoms with E-state index in [9.17, 15) is 4.79 Å². The molecule has 1 heterocycles. The molecular formula is C14H21N3O2. The van der Waals surface area contributed by atoms with Crippen LogP contribution in [0.5, 0.6) is 0 Å². The fraction of sp³-hybridized carbons (Fsp3) is 0.571. The molecule has 104 valence electrons. The van der Waals surface area contributed by atoms with Gasteiger partial charge in [0.25, 0.3) is 0 Å². The first-order chi connectivity index (χ1) is 9.18. The summed E-state index contributed by atoms with van der Waals surface area (Å²) in [7, 11) is 0. The number of carbonyl (C=O) groups is 1. The number of nitrogens with two attached hydrogens (primary N) is 1. The van der Waals surface area contributed by atoms with E-state index in [0.717, 1.165) is 18.9 Å². The predicted octanol–water partition coefficient (Wildman–Crippen LogP) is 2.74. The lowest BCUT2D eigenvalue weighted by atomic mass is 10.0. The van der Waals surface area contributed by atoms with Crippen molar-refractivity contribution in [3.05, 3.63) is 17.8 Å². The second kappa shape index (κ2) is 6.41. The molecule has 5 heteroatoms. The molecule has 0 bridgehead atoms. The van der Waals surface area contributed by atoms with Gasteiger partial charge in [-0.1, -0.05) is 25.7 Å². The van der Waals surface area contributed by atoms with E-state index in [1.54, 1.807) is 0 Å². The van der Waals surface area contributed by atoms with E-state index in [-0.39, 0.29) is 11.3 Å². The molecule has 0 aromatic carbocycles. The van der Waals surface area contributed by atoms with Crippen molar-refractivity contribution in [2.45, 2.75) is 38.5 Å². The fourth-order valence-electron chi connectivity index (χ4n) is 2.70. The predicted molar refractivity (Wildman–Crippen MR) is 75.3 cm³/mol. The van der Waals surface area contributed by atoms with Gasteiger partial charge in [0.1, 0.15) is 5.82 Å². The highest BCUT2D eigenvalue weighted by atomic mass is 16.4. The molecule has 1 saturated carbocycles. The number of hydrogen-bond acceptors (Lipinski definition) is 4. The summed E-state index contributed by atoms with van der Waals surface area (Å²) in [6, 6.07) is 1.42. The second-order valence-corrected chi connectivity index (χ2v) is 5.15. The molecule has 4 N–H and O–H groups in total. The second-order valence-electron chi connectivity index (χ2n) is 5.15. The van der Waals surface area contributed by atoms with Gasteiger partial charge >= 0.3 is 5.97 Å². The number of nitrogen functional groups attached to an aromatic ring is 1. The van der Waals surface area contributed by atoms with Gasteiger partial charge in [-0.05, 0) is 24.8 Å². The van der Waals surface area contributed by atoms with Gasteiger partial charge in [0.2, 0.25) is 0 Å². The van der Waals surface area contributed by atoms with Gasteiger partial charge in [0.15, 0.2) is 0 Å². The molecule has 1 aromatic rings. The Balaban J connectivity index is 1.82. The van der Waals surface area contributed by atoms with Crippen LogP contribution in [0.2, 0.25) is 0 Å². The van der Waals surface area contributed by atoms with E-state index in [4.69, 9.17) is 10.8 Å². The standard InChI is InChI=1S/C14H21N3O2/c15-12-11(14(18)19)7-9-17-13(12)16-8-3-6-10-4-1-2-5-10/h7,9-10H,1-6,8,15H2,(H,16,17)(H,18,19). The van der Waals surface area contributed by atoms with E-state index in [2.05, 4.69) is 10.3 Å². The van der Waals surface area contributed by atoms with Crippen LogP contribution < -0.4 is 11.1 Å². The number of carboxylic acid groups (broad SMARTS) is 1. The van der Waals surface area contributed by atoms with Crippen LogP contribution in [0.15, 0.2) is 12.3 Å². The minimum atomic E-state index is -1.02. The quantitative estimate of drug-likeness (QED) is 0.687. The Hall–Kier alpha value is -1.78. The molecule has 1 aromatic heterocycles. The number of hydrogen-bond donors (Lipinski definition) is 3. The highest BCUT2D eigenvalue weighted by Gasteiger charge is 2.15. The average molecular weight is 263 g/mol. The molecule has 1 aliphatic rings. The normalized spacial score (nSPS) is 15.6. The van der Waals surface area contributed by atoms with Crippen LogP contribution >= 0.6 is 0 Å². The zero-order valence-corrected chi connectivity index (χ0v) is 11.1. The minimum Gasteiger partial charge on any atom is -0.478 e. The van der Waals surface area contributed by atoms with E-state index >= 15 is 0 Å². The van der Waals surface area contributed by atoms with Crippen molar-refractivity contribution in [1.82, 2.24) is 4.98 Å². The summed E-state index contributed by atoms with van der Waals surface area (Å²) in [5.41, 5.74) is 6.11. The van der Waals surface area contributed by atoms with Gasteiger partial charge in [-0.3, -0.25) is 0 Å². The van der Waals surface area contributed by atoms with Crippen molar-refractivity contribution >= 4 is 17.5 Å². The third-order valence-electron chi connectivity index (χ3n) is 3.78. The SMILES string of the molecule is Nc1c(C(=O)O)ccnc1NCCCC1CCCC1. The monoisotopic (exact) mass is 263 g/mol. The zero-order valence-electron chi connectivity index (χ0n) is 11.1. The summed E-state index contributed by atoms with van der Waals surface area (Å²) < 4.78 is 0. The Morgan fingerprint density at radius 2 is 2.21 bits per heavy atom. The highest BCUT2D eigenvalue weighted by Crippen LogP contribution is 2.28. The zero-order chi connectivity index (χ0) is 13.7. The lowest BCUT2D eigenvalue weighted by Gasteiger charge is -2.11. The van der Waals surface area contributed by atoms with Gasteiger partial charge < -0.3 is 16.2 Å². The first kappa shape index (κ1) is 13.6.